The van der Waals surface area contributed by atoms with Crippen molar-refractivity contribution >= 4 is 5.78 Å². The fraction of sp³-hybridized carbons (Fsp3) is 0.783. The van der Waals surface area contributed by atoms with Crippen LogP contribution in [0.4, 0.5) is 0 Å². The second-order valence-electron chi connectivity index (χ2n) is 9.39. The number of allylic oxidation sites excluding steroid dienone is 2. The highest BCUT2D eigenvalue weighted by Crippen LogP contribution is 2.64. The summed E-state index contributed by atoms with van der Waals surface area (Å²) < 4.78 is 0. The minimum Gasteiger partial charge on any atom is -0.295 e. The van der Waals surface area contributed by atoms with Gasteiger partial charge in [-0.25, -0.2) is 0 Å². The molecule has 6 atom stereocenters. The zero-order valence-electron chi connectivity index (χ0n) is 15.7. The molecule has 4 aliphatic rings. The average Bonchev–Trinajstić information content (AvgIpc) is 2.92. The molecule has 4 rings (SSSR count). The summed E-state index contributed by atoms with van der Waals surface area (Å²) in [4.78, 5) is 11.8. The van der Waals surface area contributed by atoms with Gasteiger partial charge in [-0.05, 0) is 92.4 Å². The Labute approximate surface area is 148 Å². The molecular formula is C23H34O. The Morgan fingerprint density at radius 1 is 1.17 bits per heavy atom. The van der Waals surface area contributed by atoms with Crippen LogP contribution in [-0.2, 0) is 4.79 Å². The SMILES string of the molecule is C=C(CCC)[C@H]1CCC2C3CCC4=CC(=O)CCC4C3CC[C@@]21C. The van der Waals surface area contributed by atoms with Crippen LogP contribution in [0.3, 0.4) is 0 Å². The van der Waals surface area contributed by atoms with Crippen molar-refractivity contribution in [1.82, 2.24) is 0 Å². The molecule has 132 valence electrons. The van der Waals surface area contributed by atoms with Gasteiger partial charge in [0.15, 0.2) is 5.78 Å². The molecule has 0 radical (unpaired) electrons. The Bertz CT molecular complexity index is 571. The molecule has 0 saturated heterocycles. The first kappa shape index (κ1) is 16.6. The van der Waals surface area contributed by atoms with Crippen LogP contribution in [0.2, 0.25) is 0 Å². The molecule has 4 aliphatic carbocycles. The molecule has 4 unspecified atom stereocenters. The van der Waals surface area contributed by atoms with Crippen LogP contribution in [0, 0.1) is 35.0 Å². The van der Waals surface area contributed by atoms with Crippen LogP contribution < -0.4 is 0 Å². The van der Waals surface area contributed by atoms with Gasteiger partial charge in [0.2, 0.25) is 0 Å². The normalized spacial score (nSPS) is 44.3. The van der Waals surface area contributed by atoms with E-state index < -0.39 is 0 Å². The predicted molar refractivity (Wildman–Crippen MR) is 99.6 cm³/mol. The Morgan fingerprint density at radius 3 is 2.79 bits per heavy atom. The van der Waals surface area contributed by atoms with Crippen molar-refractivity contribution in [2.75, 3.05) is 0 Å². The Kier molecular flexibility index (Phi) is 4.25. The zero-order valence-corrected chi connectivity index (χ0v) is 15.7. The standard InChI is InChI=1S/C23H34O/c1-4-5-15(2)21-10-11-22-20-8-6-16-14-17(24)7-9-18(16)19(20)12-13-23(21,22)3/h14,18-22H,2,4-13H2,1,3H3/t18?,19?,20?,21-,22?,23-/m1/s1. The van der Waals surface area contributed by atoms with E-state index in [-0.39, 0.29) is 0 Å². The first-order chi connectivity index (χ1) is 11.5. The third-order valence-corrected chi connectivity index (χ3v) is 8.36. The van der Waals surface area contributed by atoms with E-state index >= 15 is 0 Å². The maximum absolute atomic E-state index is 11.8. The van der Waals surface area contributed by atoms with Gasteiger partial charge in [-0.3, -0.25) is 4.79 Å². The molecule has 0 N–H and O–H groups in total. The van der Waals surface area contributed by atoms with Gasteiger partial charge in [-0.15, -0.1) is 0 Å². The molecule has 0 aromatic rings. The van der Waals surface area contributed by atoms with E-state index in [1.807, 2.05) is 6.08 Å². The molecular weight excluding hydrogens is 292 g/mol. The van der Waals surface area contributed by atoms with Gasteiger partial charge in [0.25, 0.3) is 0 Å². The summed E-state index contributed by atoms with van der Waals surface area (Å²) >= 11 is 0. The molecule has 0 aliphatic heterocycles. The van der Waals surface area contributed by atoms with E-state index in [2.05, 4.69) is 20.4 Å². The van der Waals surface area contributed by atoms with E-state index in [9.17, 15) is 4.79 Å². The highest BCUT2D eigenvalue weighted by atomic mass is 16.1. The van der Waals surface area contributed by atoms with Gasteiger partial charge in [0, 0.05) is 6.42 Å². The monoisotopic (exact) mass is 326 g/mol. The van der Waals surface area contributed by atoms with Gasteiger partial charge in [-0.2, -0.15) is 0 Å². The molecule has 3 fully saturated rings. The Hall–Kier alpha value is -0.850. The number of hydrogen-bond acceptors (Lipinski definition) is 1. The smallest absolute Gasteiger partial charge is 0.155 e. The summed E-state index contributed by atoms with van der Waals surface area (Å²) in [6, 6.07) is 0. The molecule has 1 heteroatoms. The van der Waals surface area contributed by atoms with E-state index in [1.165, 1.54) is 56.9 Å². The average molecular weight is 327 g/mol. The number of carbonyl (C=O) groups excluding carboxylic acids is 1. The summed E-state index contributed by atoms with van der Waals surface area (Å²) in [5, 5.41) is 0. The second kappa shape index (κ2) is 6.15. The number of hydrogen-bond donors (Lipinski definition) is 0. The van der Waals surface area contributed by atoms with E-state index in [0.717, 1.165) is 42.4 Å². The summed E-state index contributed by atoms with van der Waals surface area (Å²) in [5.74, 6) is 4.59. The molecule has 3 saturated carbocycles. The highest BCUT2D eigenvalue weighted by Gasteiger charge is 2.56. The third kappa shape index (κ3) is 2.45. The molecule has 24 heavy (non-hydrogen) atoms. The molecule has 1 nitrogen and oxygen atoms in total. The molecule has 0 bridgehead atoms. The number of fused-ring (bicyclic) bond motifs is 5. The molecule has 0 amide bonds. The van der Waals surface area contributed by atoms with Gasteiger partial charge < -0.3 is 0 Å². The van der Waals surface area contributed by atoms with Gasteiger partial charge in [-0.1, -0.05) is 38.0 Å². The molecule has 0 aromatic carbocycles. The maximum atomic E-state index is 11.8. The van der Waals surface area contributed by atoms with Crippen molar-refractivity contribution in [1.29, 1.82) is 0 Å². The number of rotatable bonds is 3. The topological polar surface area (TPSA) is 17.1 Å². The van der Waals surface area contributed by atoms with Crippen molar-refractivity contribution < 1.29 is 4.79 Å². The lowest BCUT2D eigenvalue weighted by molar-refractivity contribution is -0.116. The molecule has 0 aromatic heterocycles. The van der Waals surface area contributed by atoms with Crippen molar-refractivity contribution in [3.8, 4) is 0 Å². The van der Waals surface area contributed by atoms with Crippen LogP contribution in [-0.4, -0.2) is 5.78 Å². The van der Waals surface area contributed by atoms with Crippen LogP contribution in [0.5, 0.6) is 0 Å². The molecule has 0 heterocycles. The van der Waals surface area contributed by atoms with Crippen LogP contribution in [0.25, 0.3) is 0 Å². The van der Waals surface area contributed by atoms with Crippen LogP contribution >= 0.6 is 0 Å². The zero-order chi connectivity index (χ0) is 16.9. The van der Waals surface area contributed by atoms with E-state index in [4.69, 9.17) is 0 Å². The number of ketones is 1. The predicted octanol–water partition coefficient (Wildman–Crippen LogP) is 6.10. The highest BCUT2D eigenvalue weighted by molar-refractivity contribution is 5.91. The van der Waals surface area contributed by atoms with E-state index in [0.29, 0.717) is 11.2 Å². The largest absolute Gasteiger partial charge is 0.295 e. The quantitative estimate of drug-likeness (QED) is 0.573. The summed E-state index contributed by atoms with van der Waals surface area (Å²) in [5.41, 5.74) is 3.57. The molecule has 0 spiro atoms. The van der Waals surface area contributed by atoms with Crippen molar-refractivity contribution in [3.05, 3.63) is 23.8 Å². The Morgan fingerprint density at radius 2 is 2.00 bits per heavy atom. The first-order valence-corrected chi connectivity index (χ1v) is 10.5. The second-order valence-corrected chi connectivity index (χ2v) is 9.39. The third-order valence-electron chi connectivity index (χ3n) is 8.36. The first-order valence-electron chi connectivity index (χ1n) is 10.5. The fourth-order valence-electron chi connectivity index (χ4n) is 7.35. The minimum absolute atomic E-state index is 0.386. The minimum atomic E-state index is 0.386. The van der Waals surface area contributed by atoms with Crippen molar-refractivity contribution in [2.24, 2.45) is 35.0 Å². The number of carbonyl (C=O) groups is 1. The lowest BCUT2D eigenvalue weighted by Crippen LogP contribution is -2.46. The van der Waals surface area contributed by atoms with E-state index in [1.54, 1.807) is 5.57 Å². The van der Waals surface area contributed by atoms with Gasteiger partial charge >= 0.3 is 0 Å². The lowest BCUT2D eigenvalue weighted by atomic mass is 9.51. The fourth-order valence-corrected chi connectivity index (χ4v) is 7.35. The van der Waals surface area contributed by atoms with Crippen LogP contribution in [0.1, 0.15) is 78.1 Å². The Balaban J connectivity index is 1.57. The van der Waals surface area contributed by atoms with Crippen molar-refractivity contribution in [2.45, 2.75) is 78.1 Å². The maximum Gasteiger partial charge on any atom is 0.155 e. The lowest BCUT2D eigenvalue weighted by Gasteiger charge is -2.54. The van der Waals surface area contributed by atoms with Gasteiger partial charge in [0.1, 0.15) is 0 Å². The van der Waals surface area contributed by atoms with Crippen LogP contribution in [0.15, 0.2) is 23.8 Å². The van der Waals surface area contributed by atoms with Gasteiger partial charge in [0.05, 0.1) is 0 Å². The van der Waals surface area contributed by atoms with Crippen molar-refractivity contribution in [3.63, 3.8) is 0 Å². The summed E-state index contributed by atoms with van der Waals surface area (Å²) in [6.45, 7) is 9.38. The summed E-state index contributed by atoms with van der Waals surface area (Å²) in [7, 11) is 0. The summed E-state index contributed by atoms with van der Waals surface area (Å²) in [6.07, 6.45) is 14.6.